The number of benzene rings is 4. The molecule has 0 aliphatic heterocycles. The molecule has 2 atom stereocenters. The zero-order valence-electron chi connectivity index (χ0n) is 28.0. The van der Waals surface area contributed by atoms with Crippen LogP contribution >= 0.6 is 0 Å². The topological polar surface area (TPSA) is 114 Å². The van der Waals surface area contributed by atoms with Crippen LogP contribution in [0.25, 0.3) is 0 Å². The molecule has 4 aromatic carbocycles. The molecule has 0 heterocycles. The van der Waals surface area contributed by atoms with E-state index in [9.17, 15) is 18.0 Å². The maximum absolute atomic E-state index is 14.7. The molecule has 11 heteroatoms. The first-order valence-corrected chi connectivity index (χ1v) is 17.1. The molecular formula is C37H43N3O7S. The maximum atomic E-state index is 14.7. The summed E-state index contributed by atoms with van der Waals surface area (Å²) in [6.07, 6.45) is 0.897. The van der Waals surface area contributed by atoms with Crippen LogP contribution in [0.5, 0.6) is 17.2 Å². The molecule has 4 rings (SSSR count). The van der Waals surface area contributed by atoms with Gasteiger partial charge in [0.1, 0.15) is 29.8 Å². The van der Waals surface area contributed by atoms with Gasteiger partial charge in [0.05, 0.1) is 31.9 Å². The van der Waals surface area contributed by atoms with Crippen molar-refractivity contribution in [2.75, 3.05) is 32.2 Å². The SMILES string of the molecule is CC[C@@H](C)NC(=O)[C@@H](Cc1ccccc1)N(Cc1cccc(OC)c1)C(=O)CN(c1ccccc1OC)S(=O)(=O)c1ccc(OC)cc1. The molecule has 48 heavy (non-hydrogen) atoms. The van der Waals surface area contributed by atoms with Crippen LogP contribution in [-0.2, 0) is 32.6 Å². The minimum Gasteiger partial charge on any atom is -0.497 e. The van der Waals surface area contributed by atoms with Gasteiger partial charge in [0.2, 0.25) is 11.8 Å². The standard InChI is InChI=1S/C37H43N3O7S/c1-6-27(2)38-37(42)34(24-28-13-8-7-9-14-28)39(25-29-15-12-16-31(23-29)46-4)36(41)26-40(33-17-10-11-18-35(33)47-5)48(43,44)32-21-19-30(45-3)20-22-32/h7-23,27,34H,6,24-26H2,1-5H3,(H,38,42)/t27-,34-/m1/s1. The monoisotopic (exact) mass is 673 g/mol. The van der Waals surface area contributed by atoms with Crippen LogP contribution in [0.15, 0.2) is 108 Å². The first-order valence-electron chi connectivity index (χ1n) is 15.7. The fourth-order valence-corrected chi connectivity index (χ4v) is 6.61. The summed E-state index contributed by atoms with van der Waals surface area (Å²) in [5, 5.41) is 3.04. The van der Waals surface area contributed by atoms with Gasteiger partial charge in [-0.15, -0.1) is 0 Å². The lowest BCUT2D eigenvalue weighted by Crippen LogP contribution is -2.54. The van der Waals surface area contributed by atoms with E-state index >= 15 is 0 Å². The van der Waals surface area contributed by atoms with E-state index in [-0.39, 0.29) is 41.2 Å². The summed E-state index contributed by atoms with van der Waals surface area (Å²) < 4.78 is 45.9. The van der Waals surface area contributed by atoms with Crippen molar-refractivity contribution >= 4 is 27.5 Å². The molecule has 0 radical (unpaired) electrons. The molecule has 0 aliphatic carbocycles. The molecule has 4 aromatic rings. The Kier molecular flexibility index (Phi) is 12.5. The lowest BCUT2D eigenvalue weighted by molar-refractivity contribution is -0.140. The van der Waals surface area contributed by atoms with Crippen molar-refractivity contribution in [2.45, 2.75) is 50.2 Å². The van der Waals surface area contributed by atoms with Gasteiger partial charge in [-0.05, 0) is 73.0 Å². The Morgan fingerprint density at radius 2 is 1.42 bits per heavy atom. The normalized spacial score (nSPS) is 12.4. The van der Waals surface area contributed by atoms with Gasteiger partial charge in [0.15, 0.2) is 0 Å². The van der Waals surface area contributed by atoms with E-state index in [1.165, 1.54) is 31.3 Å². The Morgan fingerprint density at radius 3 is 2.06 bits per heavy atom. The minimum absolute atomic E-state index is 0.0177. The van der Waals surface area contributed by atoms with Crippen molar-refractivity contribution in [3.63, 3.8) is 0 Å². The largest absolute Gasteiger partial charge is 0.497 e. The van der Waals surface area contributed by atoms with Crippen molar-refractivity contribution in [3.8, 4) is 17.2 Å². The number of methoxy groups -OCH3 is 3. The minimum atomic E-state index is -4.32. The maximum Gasteiger partial charge on any atom is 0.264 e. The number of nitrogens with one attached hydrogen (secondary N) is 1. The van der Waals surface area contributed by atoms with Gasteiger partial charge in [-0.1, -0.05) is 61.5 Å². The van der Waals surface area contributed by atoms with Gasteiger partial charge in [0.25, 0.3) is 10.0 Å². The molecule has 0 bridgehead atoms. The molecule has 0 aliphatic rings. The third-order valence-electron chi connectivity index (χ3n) is 8.04. The second-order valence-electron chi connectivity index (χ2n) is 11.3. The summed E-state index contributed by atoms with van der Waals surface area (Å²) >= 11 is 0. The van der Waals surface area contributed by atoms with Gasteiger partial charge < -0.3 is 24.4 Å². The van der Waals surface area contributed by atoms with Crippen molar-refractivity contribution in [2.24, 2.45) is 0 Å². The third kappa shape index (κ3) is 8.86. The van der Waals surface area contributed by atoms with Gasteiger partial charge in [0, 0.05) is 19.0 Å². The van der Waals surface area contributed by atoms with Gasteiger partial charge in [-0.25, -0.2) is 8.42 Å². The number of amides is 2. The van der Waals surface area contributed by atoms with Crippen molar-refractivity contribution in [1.82, 2.24) is 10.2 Å². The van der Waals surface area contributed by atoms with E-state index in [4.69, 9.17) is 14.2 Å². The molecule has 0 unspecified atom stereocenters. The number of hydrogen-bond donors (Lipinski definition) is 1. The number of carbonyl (C=O) groups excluding carboxylic acids is 2. The summed E-state index contributed by atoms with van der Waals surface area (Å²) in [5.41, 5.74) is 1.73. The molecular weight excluding hydrogens is 630 g/mol. The fourth-order valence-electron chi connectivity index (χ4n) is 5.19. The smallest absolute Gasteiger partial charge is 0.264 e. The van der Waals surface area contributed by atoms with E-state index in [1.54, 1.807) is 61.7 Å². The highest BCUT2D eigenvalue weighted by Gasteiger charge is 2.36. The van der Waals surface area contributed by atoms with Crippen molar-refractivity contribution < 1.29 is 32.2 Å². The van der Waals surface area contributed by atoms with E-state index in [0.29, 0.717) is 23.5 Å². The van der Waals surface area contributed by atoms with Crippen LogP contribution in [0.2, 0.25) is 0 Å². The summed E-state index contributed by atoms with van der Waals surface area (Å²) in [6.45, 7) is 3.27. The van der Waals surface area contributed by atoms with Crippen LogP contribution in [0.4, 0.5) is 5.69 Å². The number of ether oxygens (including phenoxy) is 3. The second-order valence-corrected chi connectivity index (χ2v) is 13.1. The van der Waals surface area contributed by atoms with Crippen LogP contribution in [0.3, 0.4) is 0 Å². The number of carbonyl (C=O) groups is 2. The Labute approximate surface area is 283 Å². The number of sulfonamides is 1. The van der Waals surface area contributed by atoms with E-state index < -0.39 is 28.5 Å². The molecule has 2 amide bonds. The van der Waals surface area contributed by atoms with Gasteiger partial charge >= 0.3 is 0 Å². The average Bonchev–Trinajstić information content (AvgIpc) is 3.12. The number of anilines is 1. The molecule has 0 saturated carbocycles. The Balaban J connectivity index is 1.84. The zero-order chi connectivity index (χ0) is 34.7. The van der Waals surface area contributed by atoms with Crippen LogP contribution in [0, 0.1) is 0 Å². The number of hydrogen-bond acceptors (Lipinski definition) is 7. The summed E-state index contributed by atoms with van der Waals surface area (Å²) in [4.78, 5) is 30.1. The molecule has 0 fully saturated rings. The molecule has 254 valence electrons. The van der Waals surface area contributed by atoms with Gasteiger partial charge in [-0.2, -0.15) is 0 Å². The number of nitrogens with zero attached hydrogens (tertiary/aromatic N) is 2. The molecule has 0 saturated heterocycles. The highest BCUT2D eigenvalue weighted by molar-refractivity contribution is 7.92. The van der Waals surface area contributed by atoms with E-state index in [0.717, 1.165) is 9.87 Å². The Hall–Kier alpha value is -5.03. The van der Waals surface area contributed by atoms with Crippen LogP contribution < -0.4 is 23.8 Å². The fraction of sp³-hybridized carbons (Fsp3) is 0.297. The lowest BCUT2D eigenvalue weighted by atomic mass is 10.0. The quantitative estimate of drug-likeness (QED) is 0.168. The third-order valence-corrected chi connectivity index (χ3v) is 9.81. The number of para-hydroxylation sites is 2. The van der Waals surface area contributed by atoms with E-state index in [1.807, 2.05) is 50.2 Å². The molecule has 0 spiro atoms. The molecule has 10 nitrogen and oxygen atoms in total. The second kappa shape index (κ2) is 16.7. The summed E-state index contributed by atoms with van der Waals surface area (Å²) in [5.74, 6) is 0.403. The average molecular weight is 674 g/mol. The predicted octanol–water partition coefficient (Wildman–Crippen LogP) is 5.46. The zero-order valence-corrected chi connectivity index (χ0v) is 28.8. The first kappa shape index (κ1) is 35.8. The van der Waals surface area contributed by atoms with Crippen LogP contribution in [0.1, 0.15) is 31.4 Å². The molecule has 1 N–H and O–H groups in total. The Bertz CT molecular complexity index is 1770. The highest BCUT2D eigenvalue weighted by Crippen LogP contribution is 2.33. The van der Waals surface area contributed by atoms with Gasteiger partial charge in [-0.3, -0.25) is 13.9 Å². The number of rotatable bonds is 16. The van der Waals surface area contributed by atoms with Crippen LogP contribution in [-0.4, -0.2) is 65.1 Å². The summed E-state index contributed by atoms with van der Waals surface area (Å²) in [7, 11) is 0.152. The van der Waals surface area contributed by atoms with Crippen molar-refractivity contribution in [1.29, 1.82) is 0 Å². The van der Waals surface area contributed by atoms with E-state index in [2.05, 4.69) is 5.32 Å². The highest BCUT2D eigenvalue weighted by atomic mass is 32.2. The predicted molar refractivity (Wildman–Crippen MR) is 186 cm³/mol. The Morgan fingerprint density at radius 1 is 0.771 bits per heavy atom. The molecule has 0 aromatic heterocycles. The lowest BCUT2D eigenvalue weighted by Gasteiger charge is -2.34. The summed E-state index contributed by atoms with van der Waals surface area (Å²) in [6, 6.07) is 28.0. The van der Waals surface area contributed by atoms with Crippen molar-refractivity contribution in [3.05, 3.63) is 114 Å². The first-order chi connectivity index (χ1) is 23.1.